The number of anilines is 1. The first-order chi connectivity index (χ1) is 19.2. The molecule has 0 unspecified atom stereocenters. The summed E-state index contributed by atoms with van der Waals surface area (Å²) < 4.78 is 46.1. The molecule has 2 aliphatic rings. The summed E-state index contributed by atoms with van der Waals surface area (Å²) in [5.74, 6) is -3.98. The van der Waals surface area contributed by atoms with Crippen molar-refractivity contribution in [3.05, 3.63) is 62.1 Å². The molecule has 41 heavy (non-hydrogen) atoms. The Balaban J connectivity index is 1.57. The Morgan fingerprint density at radius 3 is 2.49 bits per heavy atom. The van der Waals surface area contributed by atoms with Crippen molar-refractivity contribution >= 4 is 29.5 Å². The molecule has 1 aromatic carbocycles. The topological polar surface area (TPSA) is 173 Å². The number of hydrogen-bond donors (Lipinski definition) is 3. The molecule has 13 nitrogen and oxygen atoms in total. The number of esters is 1. The molecular formula is C26H28F2N4O9. The van der Waals surface area contributed by atoms with E-state index >= 15 is 0 Å². The molecule has 220 valence electrons. The van der Waals surface area contributed by atoms with Gasteiger partial charge in [0.25, 0.3) is 11.5 Å². The number of halogens is 2. The molecule has 0 radical (unpaired) electrons. The Morgan fingerprint density at radius 1 is 1.24 bits per heavy atom. The highest BCUT2D eigenvalue weighted by molar-refractivity contribution is 6.28. The quantitative estimate of drug-likeness (QED) is 0.248. The molecule has 1 saturated heterocycles. The van der Waals surface area contributed by atoms with Crippen LogP contribution in [0.4, 0.5) is 14.5 Å². The molecule has 1 amide bonds. The lowest BCUT2D eigenvalue weighted by atomic mass is 9.98. The van der Waals surface area contributed by atoms with Gasteiger partial charge in [-0.25, -0.2) is 18.6 Å². The number of hydrogen-bond acceptors (Lipinski definition) is 10. The number of nitrogens with zero attached hydrogens (tertiary/aromatic N) is 3. The monoisotopic (exact) mass is 578 g/mol. The maximum Gasteiger partial charge on any atom is 0.330 e. The summed E-state index contributed by atoms with van der Waals surface area (Å²) in [5.41, 5.74) is -3.98. The molecule has 0 aliphatic carbocycles. The number of H-pyrrole nitrogens is 1. The van der Waals surface area contributed by atoms with Gasteiger partial charge in [-0.1, -0.05) is 0 Å². The highest BCUT2D eigenvalue weighted by Gasteiger charge is 2.37. The number of aliphatic hydroxyl groups is 2. The van der Waals surface area contributed by atoms with Crippen LogP contribution in [-0.2, 0) is 19.1 Å². The Morgan fingerprint density at radius 2 is 1.90 bits per heavy atom. The van der Waals surface area contributed by atoms with E-state index in [1.165, 1.54) is 6.92 Å². The number of aromatic nitrogens is 2. The Bertz CT molecular complexity index is 1530. The van der Waals surface area contributed by atoms with Gasteiger partial charge in [-0.3, -0.25) is 28.8 Å². The smallest absolute Gasteiger partial charge is 0.330 e. The number of aliphatic imine (C=N–C) groups is 1. The second kappa shape index (κ2) is 11.3. The minimum absolute atomic E-state index is 0.0287. The van der Waals surface area contributed by atoms with E-state index in [-0.39, 0.29) is 23.7 Å². The highest BCUT2D eigenvalue weighted by atomic mass is 19.1. The van der Waals surface area contributed by atoms with Crippen molar-refractivity contribution in [1.82, 2.24) is 9.55 Å². The Kier molecular flexibility index (Phi) is 8.24. The van der Waals surface area contributed by atoms with Crippen LogP contribution >= 0.6 is 0 Å². The first kappa shape index (κ1) is 29.8. The molecule has 0 saturated carbocycles. The van der Waals surface area contributed by atoms with Crippen LogP contribution in [0.1, 0.15) is 45.9 Å². The average Bonchev–Trinajstić information content (AvgIpc) is 3.39. The minimum atomic E-state index is -1.10. The number of aromatic amines is 1. The highest BCUT2D eigenvalue weighted by Crippen LogP contribution is 2.30. The van der Waals surface area contributed by atoms with E-state index in [4.69, 9.17) is 14.2 Å². The van der Waals surface area contributed by atoms with Gasteiger partial charge in [-0.05, 0) is 33.8 Å². The maximum atomic E-state index is 14.8. The van der Waals surface area contributed by atoms with Gasteiger partial charge in [-0.15, -0.1) is 0 Å². The lowest BCUT2D eigenvalue weighted by molar-refractivity contribution is -0.159. The summed E-state index contributed by atoms with van der Waals surface area (Å²) in [6.07, 6.45) is -1.24. The number of ether oxygens (including phenoxy) is 3. The van der Waals surface area contributed by atoms with Gasteiger partial charge in [-0.2, -0.15) is 0 Å². The molecule has 0 spiro atoms. The van der Waals surface area contributed by atoms with Crippen molar-refractivity contribution in [3.63, 3.8) is 0 Å². The normalized spacial score (nSPS) is 21.9. The lowest BCUT2D eigenvalue weighted by Crippen LogP contribution is -2.40. The molecule has 4 rings (SSSR count). The van der Waals surface area contributed by atoms with Gasteiger partial charge < -0.3 is 24.4 Å². The predicted octanol–water partition coefficient (Wildman–Crippen LogP) is 1.19. The van der Waals surface area contributed by atoms with Crippen molar-refractivity contribution in [2.45, 2.75) is 52.6 Å². The SMILES string of the molecule is CC1=N/C(=C\c2c(F)cc(OCOC(=O)C(C)(C)C)cc2F)C(=O)N1c1cn([C@H]2C[C@H](O)[C@@H](CO)O2)c(=O)[nH]c1=O. The Hall–Kier alpha value is -4.21. The molecule has 3 heterocycles. The summed E-state index contributed by atoms with van der Waals surface area (Å²) >= 11 is 0. The predicted molar refractivity (Wildman–Crippen MR) is 139 cm³/mol. The van der Waals surface area contributed by atoms with Crippen LogP contribution in [0.5, 0.6) is 5.75 Å². The summed E-state index contributed by atoms with van der Waals surface area (Å²) in [6.45, 7) is 5.17. The second-order valence-corrected chi connectivity index (χ2v) is 10.4. The standard InChI is InChI=1S/C26H28F2N4O9/c1-12-29-17(7-14-15(27)5-13(6-16(14)28)39-11-40-24(37)26(2,3)4)23(36)32(12)18-9-31(25(38)30-22(18)35)21-8-19(34)20(10-33)41-21/h5-7,9,19-21,33-34H,8,10-11H2,1-4H3,(H,30,35,38)/b17-7-/t19-,20+,21+/m0/s1. The minimum Gasteiger partial charge on any atom is -0.457 e. The van der Waals surface area contributed by atoms with Crippen molar-refractivity contribution in [1.29, 1.82) is 0 Å². The number of amidine groups is 1. The van der Waals surface area contributed by atoms with Gasteiger partial charge in [0.1, 0.15) is 46.9 Å². The van der Waals surface area contributed by atoms with Crippen LogP contribution in [0.15, 0.2) is 38.6 Å². The zero-order chi connectivity index (χ0) is 30.2. The lowest BCUT2D eigenvalue weighted by Gasteiger charge is -2.19. The van der Waals surface area contributed by atoms with Crippen LogP contribution in [0.3, 0.4) is 0 Å². The van der Waals surface area contributed by atoms with Crippen LogP contribution in [0, 0.1) is 17.0 Å². The number of carbonyl (C=O) groups excluding carboxylic acids is 2. The van der Waals surface area contributed by atoms with Crippen LogP contribution in [0.2, 0.25) is 0 Å². The van der Waals surface area contributed by atoms with Crippen molar-refractivity contribution in [2.24, 2.45) is 10.4 Å². The molecule has 3 atom stereocenters. The number of aliphatic hydroxyl groups excluding tert-OH is 2. The molecule has 0 bridgehead atoms. The fourth-order valence-corrected chi connectivity index (χ4v) is 4.10. The molecule has 3 N–H and O–H groups in total. The van der Waals surface area contributed by atoms with Crippen LogP contribution in [-0.4, -0.2) is 63.1 Å². The van der Waals surface area contributed by atoms with E-state index in [0.29, 0.717) is 0 Å². The number of nitrogens with one attached hydrogen (secondary N) is 1. The van der Waals surface area contributed by atoms with Crippen LogP contribution < -0.4 is 20.9 Å². The van der Waals surface area contributed by atoms with Crippen LogP contribution in [0.25, 0.3) is 6.08 Å². The summed E-state index contributed by atoms with van der Waals surface area (Å²) in [7, 11) is 0. The third-order valence-corrected chi connectivity index (χ3v) is 6.27. The van der Waals surface area contributed by atoms with Crippen molar-refractivity contribution in [2.75, 3.05) is 18.3 Å². The molecular weight excluding hydrogens is 550 g/mol. The zero-order valence-electron chi connectivity index (χ0n) is 22.5. The summed E-state index contributed by atoms with van der Waals surface area (Å²) in [6, 6.07) is 1.68. The van der Waals surface area contributed by atoms with Crippen molar-refractivity contribution < 1.29 is 42.8 Å². The third-order valence-electron chi connectivity index (χ3n) is 6.27. The summed E-state index contributed by atoms with van der Waals surface area (Å²) in [5, 5.41) is 19.3. The van der Waals surface area contributed by atoms with Gasteiger partial charge in [0.2, 0.25) is 6.79 Å². The molecule has 2 aliphatic heterocycles. The molecule has 2 aromatic rings. The largest absolute Gasteiger partial charge is 0.457 e. The van der Waals surface area contributed by atoms with E-state index < -0.39 is 83.3 Å². The number of amides is 1. The third kappa shape index (κ3) is 6.11. The maximum absolute atomic E-state index is 14.8. The first-order valence-electron chi connectivity index (χ1n) is 12.4. The van der Waals surface area contributed by atoms with Gasteiger partial charge in [0.05, 0.1) is 18.1 Å². The number of rotatable bonds is 7. The van der Waals surface area contributed by atoms with E-state index in [2.05, 4.69) is 9.98 Å². The van der Waals surface area contributed by atoms with E-state index in [9.17, 15) is 38.2 Å². The van der Waals surface area contributed by atoms with Gasteiger partial charge in [0, 0.05) is 30.3 Å². The van der Waals surface area contributed by atoms with E-state index in [1.54, 1.807) is 20.8 Å². The van der Waals surface area contributed by atoms with E-state index in [1.807, 2.05) is 0 Å². The van der Waals surface area contributed by atoms with Crippen molar-refractivity contribution in [3.8, 4) is 5.75 Å². The van der Waals surface area contributed by atoms with Gasteiger partial charge in [0.15, 0.2) is 0 Å². The second-order valence-electron chi connectivity index (χ2n) is 10.4. The molecule has 1 aromatic heterocycles. The number of carbonyl (C=O) groups is 2. The van der Waals surface area contributed by atoms with Gasteiger partial charge >= 0.3 is 11.7 Å². The number of benzene rings is 1. The Labute approximate surface area is 231 Å². The average molecular weight is 579 g/mol. The van der Waals surface area contributed by atoms with E-state index in [0.717, 1.165) is 33.9 Å². The zero-order valence-corrected chi connectivity index (χ0v) is 22.5. The summed E-state index contributed by atoms with van der Waals surface area (Å²) in [4.78, 5) is 57.0. The first-order valence-corrected chi connectivity index (χ1v) is 12.4. The molecule has 1 fully saturated rings. The molecule has 15 heteroatoms. The fourth-order valence-electron chi connectivity index (χ4n) is 4.10. The fraction of sp³-hybridized carbons (Fsp3) is 0.423.